The molecule has 3 heteroatoms. The van der Waals surface area contributed by atoms with Gasteiger partial charge in [-0.05, 0) is 17.9 Å². The van der Waals surface area contributed by atoms with Gasteiger partial charge < -0.3 is 11.1 Å². The number of hydrogen-bond acceptors (Lipinski definition) is 3. The van der Waals surface area contributed by atoms with Crippen molar-refractivity contribution in [3.05, 3.63) is 23.8 Å². The number of nitrogens with one attached hydrogen (secondary N) is 1. The predicted octanol–water partition coefficient (Wildman–Crippen LogP) is 1.13. The number of nitrogens with two attached hydrogens (primary N) is 1. The summed E-state index contributed by atoms with van der Waals surface area (Å²) in [5, 5.41) is 3.40. The molecule has 0 radical (unpaired) electrons. The van der Waals surface area contributed by atoms with Gasteiger partial charge in [-0.1, -0.05) is 32.1 Å². The van der Waals surface area contributed by atoms with Gasteiger partial charge in [0.1, 0.15) is 0 Å². The van der Waals surface area contributed by atoms with Gasteiger partial charge in [0.2, 0.25) is 0 Å². The third-order valence-corrected chi connectivity index (χ3v) is 4.04. The third-order valence-electron chi connectivity index (χ3n) is 4.04. The lowest BCUT2D eigenvalue weighted by Crippen LogP contribution is -2.58. The second-order valence-corrected chi connectivity index (χ2v) is 5.44. The highest BCUT2D eigenvalue weighted by Crippen LogP contribution is 2.29. The summed E-state index contributed by atoms with van der Waals surface area (Å²) in [4.78, 5) is 2.54. The molecule has 0 saturated carbocycles. The second kappa shape index (κ2) is 5.34. The molecule has 0 bridgehead atoms. The molecule has 3 nitrogen and oxygen atoms in total. The minimum atomic E-state index is 0.0699. The molecule has 1 aliphatic carbocycles. The Hall–Kier alpha value is -0.640. The van der Waals surface area contributed by atoms with Gasteiger partial charge >= 0.3 is 0 Å². The summed E-state index contributed by atoms with van der Waals surface area (Å²) in [6.45, 7) is 9.57. The van der Waals surface area contributed by atoms with Crippen LogP contribution in [0, 0.1) is 5.92 Å². The monoisotopic (exact) mass is 235 g/mol. The molecule has 96 valence electrons. The minimum absolute atomic E-state index is 0.0699. The Morgan fingerprint density at radius 3 is 2.59 bits per heavy atom. The molecule has 1 fully saturated rings. The molecule has 0 amide bonds. The van der Waals surface area contributed by atoms with Gasteiger partial charge in [-0.2, -0.15) is 0 Å². The van der Waals surface area contributed by atoms with E-state index in [4.69, 9.17) is 5.73 Å². The SMILES string of the molecule is CC(C)C1=CCC(CN)(N2CCNCC2)C=C1. The van der Waals surface area contributed by atoms with Crippen molar-refractivity contribution in [2.75, 3.05) is 32.7 Å². The van der Waals surface area contributed by atoms with E-state index in [9.17, 15) is 0 Å². The molecular formula is C14H25N3. The molecule has 0 spiro atoms. The lowest BCUT2D eigenvalue weighted by atomic mass is 9.84. The van der Waals surface area contributed by atoms with Gasteiger partial charge in [0.15, 0.2) is 0 Å². The molecule has 1 atom stereocenters. The first-order valence-electron chi connectivity index (χ1n) is 6.73. The van der Waals surface area contributed by atoms with Gasteiger partial charge in [0.05, 0.1) is 5.54 Å². The van der Waals surface area contributed by atoms with E-state index in [1.807, 2.05) is 0 Å². The highest BCUT2D eigenvalue weighted by Gasteiger charge is 2.34. The van der Waals surface area contributed by atoms with Crippen LogP contribution in [0.3, 0.4) is 0 Å². The quantitative estimate of drug-likeness (QED) is 0.770. The van der Waals surface area contributed by atoms with Crippen LogP contribution in [0.5, 0.6) is 0 Å². The van der Waals surface area contributed by atoms with Crippen molar-refractivity contribution in [2.24, 2.45) is 11.7 Å². The zero-order chi connectivity index (χ0) is 12.3. The molecule has 1 heterocycles. The Labute approximate surface area is 105 Å². The van der Waals surface area contributed by atoms with Crippen molar-refractivity contribution in [3.8, 4) is 0 Å². The van der Waals surface area contributed by atoms with Crippen LogP contribution in [0.25, 0.3) is 0 Å². The molecule has 3 N–H and O–H groups in total. The van der Waals surface area contributed by atoms with E-state index >= 15 is 0 Å². The van der Waals surface area contributed by atoms with Crippen LogP contribution < -0.4 is 11.1 Å². The Kier molecular flexibility index (Phi) is 4.02. The molecule has 1 unspecified atom stereocenters. The maximum atomic E-state index is 6.05. The molecule has 0 aromatic rings. The fourth-order valence-corrected chi connectivity index (χ4v) is 2.74. The standard InChI is InChI=1S/C14H25N3/c1-12(2)13-3-5-14(11-15,6-4-13)17-9-7-16-8-10-17/h3-5,12,16H,6-11,15H2,1-2H3. The van der Waals surface area contributed by atoms with Gasteiger partial charge in [-0.25, -0.2) is 0 Å². The van der Waals surface area contributed by atoms with Gasteiger partial charge in [-0.15, -0.1) is 0 Å². The molecule has 1 saturated heterocycles. The maximum Gasteiger partial charge on any atom is 0.0552 e. The average Bonchev–Trinajstić information content (AvgIpc) is 2.40. The summed E-state index contributed by atoms with van der Waals surface area (Å²) in [5.41, 5.74) is 7.57. The Morgan fingerprint density at radius 2 is 2.12 bits per heavy atom. The van der Waals surface area contributed by atoms with Crippen LogP contribution in [-0.2, 0) is 0 Å². The first-order chi connectivity index (χ1) is 8.18. The first kappa shape index (κ1) is 12.8. The van der Waals surface area contributed by atoms with E-state index in [-0.39, 0.29) is 5.54 Å². The number of piperazine rings is 1. The van der Waals surface area contributed by atoms with Gasteiger partial charge in [-0.3, -0.25) is 4.90 Å². The van der Waals surface area contributed by atoms with Crippen molar-refractivity contribution in [2.45, 2.75) is 25.8 Å². The van der Waals surface area contributed by atoms with Crippen LogP contribution in [0.2, 0.25) is 0 Å². The normalized spacial score (nSPS) is 30.7. The number of nitrogens with zero attached hydrogens (tertiary/aromatic N) is 1. The molecular weight excluding hydrogens is 210 g/mol. The Morgan fingerprint density at radius 1 is 1.41 bits per heavy atom. The average molecular weight is 235 g/mol. The van der Waals surface area contributed by atoms with Crippen LogP contribution in [0.15, 0.2) is 23.8 Å². The fourth-order valence-electron chi connectivity index (χ4n) is 2.74. The lowest BCUT2D eigenvalue weighted by molar-refractivity contribution is 0.119. The number of hydrogen-bond donors (Lipinski definition) is 2. The number of rotatable bonds is 3. The van der Waals surface area contributed by atoms with Gasteiger partial charge in [0.25, 0.3) is 0 Å². The fraction of sp³-hybridized carbons (Fsp3) is 0.714. The van der Waals surface area contributed by atoms with E-state index in [1.54, 1.807) is 0 Å². The summed E-state index contributed by atoms with van der Waals surface area (Å²) < 4.78 is 0. The largest absolute Gasteiger partial charge is 0.328 e. The highest BCUT2D eigenvalue weighted by molar-refractivity contribution is 5.31. The number of allylic oxidation sites excluding steroid dienone is 2. The molecule has 2 rings (SSSR count). The summed E-state index contributed by atoms with van der Waals surface area (Å²) in [6.07, 6.45) is 8.06. The molecule has 17 heavy (non-hydrogen) atoms. The summed E-state index contributed by atoms with van der Waals surface area (Å²) in [5.74, 6) is 0.616. The Balaban J connectivity index is 2.10. The smallest absolute Gasteiger partial charge is 0.0552 e. The predicted molar refractivity (Wildman–Crippen MR) is 72.9 cm³/mol. The van der Waals surface area contributed by atoms with E-state index < -0.39 is 0 Å². The van der Waals surface area contributed by atoms with Crippen LogP contribution in [0.4, 0.5) is 0 Å². The lowest BCUT2D eigenvalue weighted by Gasteiger charge is -2.44. The highest BCUT2D eigenvalue weighted by atomic mass is 15.2. The van der Waals surface area contributed by atoms with Crippen molar-refractivity contribution < 1.29 is 0 Å². The van der Waals surface area contributed by atoms with Crippen LogP contribution in [-0.4, -0.2) is 43.2 Å². The molecule has 1 aliphatic heterocycles. The van der Waals surface area contributed by atoms with E-state index in [2.05, 4.69) is 42.3 Å². The maximum absolute atomic E-state index is 6.05. The first-order valence-corrected chi connectivity index (χ1v) is 6.73. The summed E-state index contributed by atoms with van der Waals surface area (Å²) >= 11 is 0. The van der Waals surface area contributed by atoms with E-state index in [0.29, 0.717) is 12.5 Å². The second-order valence-electron chi connectivity index (χ2n) is 5.44. The van der Waals surface area contributed by atoms with Crippen molar-refractivity contribution >= 4 is 0 Å². The zero-order valence-corrected chi connectivity index (χ0v) is 11.1. The van der Waals surface area contributed by atoms with Gasteiger partial charge in [0, 0.05) is 32.7 Å². The van der Waals surface area contributed by atoms with E-state index in [1.165, 1.54) is 5.57 Å². The van der Waals surface area contributed by atoms with Crippen molar-refractivity contribution in [1.29, 1.82) is 0 Å². The molecule has 0 aromatic heterocycles. The Bertz CT molecular complexity index is 313. The topological polar surface area (TPSA) is 41.3 Å². The zero-order valence-electron chi connectivity index (χ0n) is 11.1. The summed E-state index contributed by atoms with van der Waals surface area (Å²) in [6, 6.07) is 0. The molecule has 2 aliphatic rings. The van der Waals surface area contributed by atoms with Crippen LogP contribution >= 0.6 is 0 Å². The summed E-state index contributed by atoms with van der Waals surface area (Å²) in [7, 11) is 0. The van der Waals surface area contributed by atoms with Crippen LogP contribution in [0.1, 0.15) is 20.3 Å². The van der Waals surface area contributed by atoms with E-state index in [0.717, 1.165) is 32.6 Å². The molecule has 0 aromatic carbocycles. The van der Waals surface area contributed by atoms with Crippen molar-refractivity contribution in [1.82, 2.24) is 10.2 Å². The third kappa shape index (κ3) is 2.62. The minimum Gasteiger partial charge on any atom is -0.328 e. The van der Waals surface area contributed by atoms with Crippen molar-refractivity contribution in [3.63, 3.8) is 0 Å².